The lowest BCUT2D eigenvalue weighted by Gasteiger charge is -2.22. The van der Waals surface area contributed by atoms with Crippen LogP contribution in [0.2, 0.25) is 0 Å². The number of hydrogen-bond acceptors (Lipinski definition) is 5. The van der Waals surface area contributed by atoms with Crippen LogP contribution in [-0.4, -0.2) is 53.3 Å². The average molecular weight is 294 g/mol. The van der Waals surface area contributed by atoms with Crippen LogP contribution in [0, 0.1) is 0 Å². The highest BCUT2D eigenvalue weighted by Gasteiger charge is 2.20. The van der Waals surface area contributed by atoms with Crippen LogP contribution in [0.25, 0.3) is 0 Å². The molecule has 0 saturated heterocycles. The Balaban J connectivity index is 3.18. The van der Waals surface area contributed by atoms with Gasteiger partial charge in [0.15, 0.2) is 0 Å². The van der Waals surface area contributed by atoms with Gasteiger partial charge in [-0.15, -0.1) is 0 Å². The van der Waals surface area contributed by atoms with E-state index in [0.29, 0.717) is 17.9 Å². The molecule has 6 heteroatoms. The van der Waals surface area contributed by atoms with Crippen LogP contribution >= 0.6 is 0 Å². The van der Waals surface area contributed by atoms with Crippen molar-refractivity contribution in [3.8, 4) is 0 Å². The Bertz CT molecular complexity index is 514. The molecule has 1 amide bonds. The molecule has 0 aliphatic heterocycles. The first kappa shape index (κ1) is 17.0. The number of benzene rings is 1. The molecule has 0 saturated carbocycles. The van der Waals surface area contributed by atoms with Crippen molar-refractivity contribution in [2.75, 3.05) is 51.3 Å². The fraction of sp³-hybridized carbons (Fsp3) is 0.467. The Morgan fingerprint density at radius 2 is 1.86 bits per heavy atom. The summed E-state index contributed by atoms with van der Waals surface area (Å²) in [7, 11) is 6.70. The summed E-state index contributed by atoms with van der Waals surface area (Å²) in [5.41, 5.74) is 1.72. The van der Waals surface area contributed by atoms with E-state index in [4.69, 9.17) is 9.47 Å². The van der Waals surface area contributed by atoms with Gasteiger partial charge in [-0.25, -0.2) is 4.79 Å². The Kier molecular flexibility index (Phi) is 6.17. The number of carbonyl (C=O) groups excluding carboxylic acids is 2. The minimum Gasteiger partial charge on any atom is -0.465 e. The summed E-state index contributed by atoms with van der Waals surface area (Å²) < 4.78 is 9.89. The molecule has 1 rings (SSSR count). The van der Waals surface area contributed by atoms with Gasteiger partial charge >= 0.3 is 5.97 Å². The highest BCUT2D eigenvalue weighted by Crippen LogP contribution is 2.26. The fourth-order valence-electron chi connectivity index (χ4n) is 1.78. The number of ether oxygens (including phenoxy) is 2. The molecule has 1 aromatic carbocycles. The molecule has 0 fully saturated rings. The summed E-state index contributed by atoms with van der Waals surface area (Å²) in [4.78, 5) is 27.2. The molecule has 0 aliphatic rings. The van der Waals surface area contributed by atoms with Crippen molar-refractivity contribution < 1.29 is 19.1 Å². The number of hydrogen-bond donors (Lipinski definition) is 0. The Hall–Kier alpha value is -2.08. The number of anilines is 2. The van der Waals surface area contributed by atoms with Gasteiger partial charge in [0.2, 0.25) is 0 Å². The molecule has 6 nitrogen and oxygen atoms in total. The zero-order chi connectivity index (χ0) is 16.0. The molecular weight excluding hydrogens is 272 g/mol. The van der Waals surface area contributed by atoms with Crippen molar-refractivity contribution in [3.63, 3.8) is 0 Å². The minimum absolute atomic E-state index is 0.0280. The summed E-state index contributed by atoms with van der Waals surface area (Å²) in [6.07, 6.45) is 0. The van der Waals surface area contributed by atoms with Crippen molar-refractivity contribution in [2.24, 2.45) is 0 Å². The van der Waals surface area contributed by atoms with E-state index in [1.54, 1.807) is 25.2 Å². The van der Waals surface area contributed by atoms with Crippen molar-refractivity contribution in [1.29, 1.82) is 0 Å². The van der Waals surface area contributed by atoms with Gasteiger partial charge in [-0.05, 0) is 25.1 Å². The van der Waals surface area contributed by atoms with Crippen LogP contribution in [0.1, 0.15) is 17.3 Å². The van der Waals surface area contributed by atoms with Crippen LogP contribution in [0.4, 0.5) is 11.4 Å². The van der Waals surface area contributed by atoms with E-state index >= 15 is 0 Å². The predicted molar refractivity (Wildman–Crippen MR) is 82.0 cm³/mol. The molecule has 0 bridgehead atoms. The number of rotatable bonds is 6. The Labute approximate surface area is 125 Å². The maximum atomic E-state index is 12.1. The molecule has 0 atom stereocenters. The van der Waals surface area contributed by atoms with Gasteiger partial charge in [0.05, 0.1) is 18.4 Å². The van der Waals surface area contributed by atoms with Gasteiger partial charge in [0, 0.05) is 33.4 Å². The lowest BCUT2D eigenvalue weighted by atomic mass is 10.1. The molecule has 116 valence electrons. The maximum Gasteiger partial charge on any atom is 0.339 e. The molecule has 0 radical (unpaired) electrons. The third-order valence-corrected chi connectivity index (χ3v) is 3.07. The van der Waals surface area contributed by atoms with Crippen molar-refractivity contribution in [2.45, 2.75) is 6.92 Å². The third kappa shape index (κ3) is 4.19. The van der Waals surface area contributed by atoms with E-state index in [1.165, 1.54) is 12.0 Å². The standard InChI is InChI=1S/C15H22N2O4/c1-6-21-10-14(18)17(4)13-9-11(16(2)3)7-8-12(13)15(19)20-5/h7-9H,6,10H2,1-5H3. The van der Waals surface area contributed by atoms with Crippen LogP contribution < -0.4 is 9.80 Å². The molecule has 0 N–H and O–H groups in total. The van der Waals surface area contributed by atoms with E-state index in [2.05, 4.69) is 0 Å². The number of nitrogens with zero attached hydrogens (tertiary/aromatic N) is 2. The molecule has 0 heterocycles. The van der Waals surface area contributed by atoms with Gasteiger partial charge < -0.3 is 19.3 Å². The van der Waals surface area contributed by atoms with E-state index < -0.39 is 5.97 Å². The van der Waals surface area contributed by atoms with Gasteiger partial charge in [-0.2, -0.15) is 0 Å². The van der Waals surface area contributed by atoms with Gasteiger partial charge in [0.1, 0.15) is 6.61 Å². The smallest absolute Gasteiger partial charge is 0.339 e. The lowest BCUT2D eigenvalue weighted by Crippen LogP contribution is -2.31. The van der Waals surface area contributed by atoms with Gasteiger partial charge in [-0.3, -0.25) is 4.79 Å². The summed E-state index contributed by atoms with van der Waals surface area (Å²) in [5.74, 6) is -0.704. The molecule has 0 spiro atoms. The second-order valence-corrected chi connectivity index (χ2v) is 4.68. The summed E-state index contributed by atoms with van der Waals surface area (Å²) in [6, 6.07) is 5.23. The predicted octanol–water partition coefficient (Wildman–Crippen LogP) is 1.54. The zero-order valence-corrected chi connectivity index (χ0v) is 13.2. The Morgan fingerprint density at radius 1 is 1.19 bits per heavy atom. The number of methoxy groups -OCH3 is 1. The summed E-state index contributed by atoms with van der Waals surface area (Å²) in [5, 5.41) is 0. The van der Waals surface area contributed by atoms with Crippen LogP contribution in [0.5, 0.6) is 0 Å². The third-order valence-electron chi connectivity index (χ3n) is 3.07. The first-order valence-corrected chi connectivity index (χ1v) is 6.66. The van der Waals surface area contributed by atoms with Crippen LogP contribution in [-0.2, 0) is 14.3 Å². The van der Waals surface area contributed by atoms with Gasteiger partial charge in [0.25, 0.3) is 5.91 Å². The van der Waals surface area contributed by atoms with Crippen LogP contribution in [0.15, 0.2) is 18.2 Å². The SMILES string of the molecule is CCOCC(=O)N(C)c1cc(N(C)C)ccc1C(=O)OC. The zero-order valence-electron chi connectivity index (χ0n) is 13.2. The molecule has 0 aromatic heterocycles. The summed E-state index contributed by atoms with van der Waals surface area (Å²) >= 11 is 0. The first-order valence-electron chi connectivity index (χ1n) is 6.66. The highest BCUT2D eigenvalue weighted by atomic mass is 16.5. The fourth-order valence-corrected chi connectivity index (χ4v) is 1.78. The largest absolute Gasteiger partial charge is 0.465 e. The molecule has 0 aliphatic carbocycles. The van der Waals surface area contributed by atoms with Crippen LogP contribution in [0.3, 0.4) is 0 Å². The lowest BCUT2D eigenvalue weighted by molar-refractivity contribution is -0.122. The monoisotopic (exact) mass is 294 g/mol. The number of likely N-dealkylation sites (N-methyl/N-ethyl adjacent to an activating group) is 1. The van der Waals surface area contributed by atoms with Crippen molar-refractivity contribution in [1.82, 2.24) is 0 Å². The quantitative estimate of drug-likeness (QED) is 0.745. The average Bonchev–Trinajstić information content (AvgIpc) is 2.50. The van der Waals surface area contributed by atoms with Crippen molar-refractivity contribution in [3.05, 3.63) is 23.8 Å². The first-order chi connectivity index (χ1) is 9.92. The highest BCUT2D eigenvalue weighted by molar-refractivity contribution is 6.03. The normalized spacial score (nSPS) is 10.1. The molecule has 21 heavy (non-hydrogen) atoms. The molecule has 0 unspecified atom stereocenters. The second-order valence-electron chi connectivity index (χ2n) is 4.68. The topological polar surface area (TPSA) is 59.1 Å². The Morgan fingerprint density at radius 3 is 2.38 bits per heavy atom. The maximum absolute atomic E-state index is 12.1. The van der Waals surface area contributed by atoms with Gasteiger partial charge in [-0.1, -0.05) is 0 Å². The second kappa shape index (κ2) is 7.64. The van der Waals surface area contributed by atoms with E-state index in [9.17, 15) is 9.59 Å². The minimum atomic E-state index is -0.480. The molecule has 1 aromatic rings. The van der Waals surface area contributed by atoms with E-state index in [0.717, 1.165) is 5.69 Å². The number of carbonyl (C=O) groups is 2. The van der Waals surface area contributed by atoms with E-state index in [-0.39, 0.29) is 12.5 Å². The number of esters is 1. The number of amides is 1. The van der Waals surface area contributed by atoms with E-state index in [1.807, 2.05) is 25.9 Å². The summed E-state index contributed by atoms with van der Waals surface area (Å²) in [6.45, 7) is 2.25. The molecular formula is C15H22N2O4. The van der Waals surface area contributed by atoms with Crippen molar-refractivity contribution >= 4 is 23.3 Å².